The quantitative estimate of drug-likeness (QED) is 0.664. The predicted octanol–water partition coefficient (Wildman–Crippen LogP) is 1.35. The summed E-state index contributed by atoms with van der Waals surface area (Å²) in [5.74, 6) is -1.76. The van der Waals surface area contributed by atoms with E-state index in [1.165, 1.54) is 11.1 Å². The molecule has 30 heavy (non-hydrogen) atoms. The van der Waals surface area contributed by atoms with E-state index in [1.54, 1.807) is 0 Å². The minimum Gasteiger partial charge on any atom is -0.475 e. The lowest BCUT2D eigenvalue weighted by molar-refractivity contribution is -0.192. The number of nitrogens with one attached hydrogen (secondary N) is 1. The van der Waals surface area contributed by atoms with Gasteiger partial charge in [0.2, 0.25) is 11.6 Å². The molecular formula is C18H20F3N7O2. The molecule has 3 rings (SSSR count). The number of rotatable bonds is 4. The number of hydrogen-bond acceptors (Lipinski definition) is 8. The molecule has 0 fully saturated rings. The Morgan fingerprint density at radius 3 is 2.27 bits per heavy atom. The summed E-state index contributed by atoms with van der Waals surface area (Å²) in [5.41, 5.74) is 8.46. The van der Waals surface area contributed by atoms with Crippen molar-refractivity contribution in [2.75, 3.05) is 36.4 Å². The van der Waals surface area contributed by atoms with Gasteiger partial charge in [-0.25, -0.2) is 4.79 Å². The summed E-state index contributed by atoms with van der Waals surface area (Å²) in [5, 5.41) is 27.4. The summed E-state index contributed by atoms with van der Waals surface area (Å²) in [6.07, 6.45) is -3.23. The van der Waals surface area contributed by atoms with E-state index in [-0.39, 0.29) is 5.69 Å². The Morgan fingerprint density at radius 2 is 1.80 bits per heavy atom. The Kier molecular flexibility index (Phi) is 7.88. The van der Waals surface area contributed by atoms with E-state index in [0.29, 0.717) is 24.9 Å². The van der Waals surface area contributed by atoms with Crippen LogP contribution in [0.3, 0.4) is 0 Å². The van der Waals surface area contributed by atoms with Gasteiger partial charge >= 0.3 is 12.1 Å². The van der Waals surface area contributed by atoms with E-state index >= 15 is 0 Å². The monoisotopic (exact) mass is 423 g/mol. The standard InChI is InChI=1S/C16H19N7.C2HF3O2/c17-7-8-19-16-20-15(14(11-18)21-22-16)23-9-5-12-3-1-2-4-13(12)6-10-23;3-2(4,5)1(6)7/h1-4H,5-10,17H2,(H,19,20,22);(H,6,7). The molecule has 1 aliphatic rings. The number of carboxylic acids is 1. The number of aliphatic carboxylic acids is 1. The van der Waals surface area contributed by atoms with Gasteiger partial charge in [-0.15, -0.1) is 10.2 Å². The van der Waals surface area contributed by atoms with Gasteiger partial charge in [0.1, 0.15) is 6.07 Å². The highest BCUT2D eigenvalue weighted by Crippen LogP contribution is 2.22. The first-order valence-corrected chi connectivity index (χ1v) is 8.97. The average Bonchev–Trinajstić information content (AvgIpc) is 2.94. The van der Waals surface area contributed by atoms with E-state index in [4.69, 9.17) is 15.6 Å². The number of nitrogens with two attached hydrogens (primary N) is 1. The van der Waals surface area contributed by atoms with Crippen LogP contribution in [0.1, 0.15) is 16.8 Å². The number of fused-ring (bicyclic) bond motifs is 1. The lowest BCUT2D eigenvalue weighted by Gasteiger charge is -2.22. The van der Waals surface area contributed by atoms with Gasteiger partial charge in [0.05, 0.1) is 0 Å². The molecule has 1 aromatic heterocycles. The Morgan fingerprint density at radius 1 is 1.23 bits per heavy atom. The number of carbonyl (C=O) groups is 1. The number of aromatic nitrogens is 3. The van der Waals surface area contributed by atoms with E-state index in [9.17, 15) is 18.4 Å². The lowest BCUT2D eigenvalue weighted by atomic mass is 10.0. The SMILES string of the molecule is N#Cc1nnc(NCCN)nc1N1CCc2ccccc2CC1.O=C(O)C(F)(F)F. The maximum Gasteiger partial charge on any atom is 0.490 e. The molecule has 0 amide bonds. The van der Waals surface area contributed by atoms with Crippen LogP contribution in [0.15, 0.2) is 24.3 Å². The topological polar surface area (TPSA) is 141 Å². The third-order valence-corrected chi connectivity index (χ3v) is 4.16. The van der Waals surface area contributed by atoms with Gasteiger partial charge in [0.25, 0.3) is 0 Å². The smallest absolute Gasteiger partial charge is 0.475 e. The molecule has 0 spiro atoms. The Hall–Kier alpha value is -3.46. The van der Waals surface area contributed by atoms with Crippen molar-refractivity contribution in [3.05, 3.63) is 41.1 Å². The Balaban J connectivity index is 0.000000396. The molecule has 0 radical (unpaired) electrons. The van der Waals surface area contributed by atoms with Crippen molar-refractivity contribution in [2.45, 2.75) is 19.0 Å². The first-order chi connectivity index (χ1) is 14.3. The minimum absolute atomic E-state index is 0.259. The van der Waals surface area contributed by atoms with Crippen molar-refractivity contribution in [1.82, 2.24) is 15.2 Å². The lowest BCUT2D eigenvalue weighted by Crippen LogP contribution is -2.29. The van der Waals surface area contributed by atoms with Gasteiger partial charge in [-0.3, -0.25) is 0 Å². The largest absolute Gasteiger partial charge is 0.490 e. The highest BCUT2D eigenvalue weighted by molar-refractivity contribution is 5.73. The number of nitrogens with zero attached hydrogens (tertiary/aromatic N) is 5. The molecule has 12 heteroatoms. The summed E-state index contributed by atoms with van der Waals surface area (Å²) in [6, 6.07) is 10.5. The van der Waals surface area contributed by atoms with Crippen LogP contribution >= 0.6 is 0 Å². The first kappa shape index (κ1) is 22.8. The van der Waals surface area contributed by atoms with Crippen molar-refractivity contribution < 1.29 is 23.1 Å². The van der Waals surface area contributed by atoms with E-state index in [1.807, 2.05) is 0 Å². The van der Waals surface area contributed by atoms with Crippen LogP contribution in [0, 0.1) is 11.3 Å². The number of hydrogen-bond donors (Lipinski definition) is 3. The van der Waals surface area contributed by atoms with Crippen LogP contribution in [-0.4, -0.2) is 58.6 Å². The third kappa shape index (κ3) is 6.28. The molecule has 4 N–H and O–H groups in total. The molecule has 0 saturated carbocycles. The van der Waals surface area contributed by atoms with Gasteiger partial charge in [-0.2, -0.15) is 23.4 Å². The van der Waals surface area contributed by atoms with E-state index in [0.717, 1.165) is 25.9 Å². The molecule has 1 aromatic carbocycles. The fraction of sp³-hybridized carbons (Fsp3) is 0.389. The fourth-order valence-electron chi connectivity index (χ4n) is 2.75. The summed E-state index contributed by atoms with van der Waals surface area (Å²) >= 11 is 0. The van der Waals surface area contributed by atoms with E-state index in [2.05, 4.69) is 55.7 Å². The molecule has 1 aliphatic heterocycles. The van der Waals surface area contributed by atoms with Gasteiger partial charge in [-0.05, 0) is 24.0 Å². The van der Waals surface area contributed by atoms with Gasteiger partial charge < -0.3 is 21.1 Å². The number of anilines is 2. The van der Waals surface area contributed by atoms with Crippen LogP contribution < -0.4 is 16.0 Å². The second-order valence-corrected chi connectivity index (χ2v) is 6.19. The maximum atomic E-state index is 10.6. The number of nitriles is 1. The zero-order valence-corrected chi connectivity index (χ0v) is 15.9. The van der Waals surface area contributed by atoms with Crippen molar-refractivity contribution >= 4 is 17.7 Å². The van der Waals surface area contributed by atoms with Crippen LogP contribution in [0.5, 0.6) is 0 Å². The zero-order valence-electron chi connectivity index (χ0n) is 15.9. The highest BCUT2D eigenvalue weighted by Gasteiger charge is 2.38. The van der Waals surface area contributed by atoms with Crippen LogP contribution in [0.25, 0.3) is 0 Å². The van der Waals surface area contributed by atoms with E-state index < -0.39 is 12.1 Å². The van der Waals surface area contributed by atoms with Crippen LogP contribution in [-0.2, 0) is 17.6 Å². The third-order valence-electron chi connectivity index (χ3n) is 4.16. The molecule has 0 bridgehead atoms. The molecule has 0 atom stereocenters. The van der Waals surface area contributed by atoms with Crippen molar-refractivity contribution in [2.24, 2.45) is 5.73 Å². The Bertz CT molecular complexity index is 888. The number of alkyl halides is 3. The van der Waals surface area contributed by atoms with Crippen molar-refractivity contribution in [3.63, 3.8) is 0 Å². The highest BCUT2D eigenvalue weighted by atomic mass is 19.4. The molecular weight excluding hydrogens is 403 g/mol. The summed E-state index contributed by atoms with van der Waals surface area (Å²) in [4.78, 5) is 15.5. The summed E-state index contributed by atoms with van der Waals surface area (Å²) in [7, 11) is 0. The number of benzene rings is 1. The van der Waals surface area contributed by atoms with Gasteiger partial charge in [0.15, 0.2) is 5.82 Å². The zero-order chi connectivity index (χ0) is 22.1. The molecule has 0 saturated heterocycles. The number of halogens is 3. The Labute approximate surface area is 170 Å². The second-order valence-electron chi connectivity index (χ2n) is 6.19. The normalized spacial score (nSPS) is 13.2. The van der Waals surface area contributed by atoms with Crippen LogP contribution in [0.2, 0.25) is 0 Å². The maximum absolute atomic E-state index is 10.6. The first-order valence-electron chi connectivity index (χ1n) is 8.97. The molecule has 160 valence electrons. The van der Waals surface area contributed by atoms with Crippen molar-refractivity contribution in [1.29, 1.82) is 5.26 Å². The second kappa shape index (κ2) is 10.4. The predicted molar refractivity (Wildman–Crippen MR) is 102 cm³/mol. The molecule has 0 unspecified atom stereocenters. The molecule has 9 nitrogen and oxygen atoms in total. The van der Waals surface area contributed by atoms with Crippen molar-refractivity contribution in [3.8, 4) is 6.07 Å². The average molecular weight is 423 g/mol. The summed E-state index contributed by atoms with van der Waals surface area (Å²) < 4.78 is 31.7. The fourth-order valence-corrected chi connectivity index (χ4v) is 2.75. The van der Waals surface area contributed by atoms with Gasteiger partial charge in [-0.1, -0.05) is 24.3 Å². The summed E-state index contributed by atoms with van der Waals surface area (Å²) in [6.45, 7) is 2.66. The molecule has 0 aliphatic carbocycles. The minimum atomic E-state index is -5.08. The van der Waals surface area contributed by atoms with Crippen LogP contribution in [0.4, 0.5) is 24.9 Å². The van der Waals surface area contributed by atoms with Gasteiger partial charge in [0, 0.05) is 26.2 Å². The molecule has 2 aromatic rings. The molecule has 2 heterocycles. The number of carboxylic acid groups (broad SMARTS) is 1.